The highest BCUT2D eigenvalue weighted by atomic mass is 16.3. The quantitative estimate of drug-likeness (QED) is 0.729. The number of benzene rings is 1. The van der Waals surface area contributed by atoms with Gasteiger partial charge in [0.2, 0.25) is 0 Å². The van der Waals surface area contributed by atoms with E-state index in [-0.39, 0.29) is 12.0 Å². The minimum absolute atomic E-state index is 0.118. The predicted molar refractivity (Wildman–Crippen MR) is 66.7 cm³/mol. The molecule has 0 saturated carbocycles. The van der Waals surface area contributed by atoms with E-state index in [1.807, 2.05) is 12.1 Å². The molecule has 1 rings (SSSR count). The summed E-state index contributed by atoms with van der Waals surface area (Å²) in [6.45, 7) is 6.63. The largest absolute Gasteiger partial charge is 0.394 e. The van der Waals surface area contributed by atoms with Gasteiger partial charge in [-0.1, -0.05) is 32.9 Å². The van der Waals surface area contributed by atoms with E-state index >= 15 is 0 Å². The Morgan fingerprint density at radius 3 is 2.56 bits per heavy atom. The molecule has 3 N–H and O–H groups in total. The summed E-state index contributed by atoms with van der Waals surface area (Å²) in [6, 6.07) is 8.12. The first-order chi connectivity index (χ1) is 7.43. The lowest BCUT2D eigenvalue weighted by Gasteiger charge is -2.20. The average Bonchev–Trinajstić information content (AvgIpc) is 2.25. The van der Waals surface area contributed by atoms with Gasteiger partial charge in [0.25, 0.3) is 0 Å². The molecule has 1 atom stereocenters. The van der Waals surface area contributed by atoms with Crippen LogP contribution in [0.4, 0.5) is 5.69 Å². The van der Waals surface area contributed by atoms with E-state index in [0.29, 0.717) is 6.54 Å². The summed E-state index contributed by atoms with van der Waals surface area (Å²) in [6.07, 6.45) is -0.710. The van der Waals surface area contributed by atoms with E-state index in [2.05, 4.69) is 38.2 Å². The van der Waals surface area contributed by atoms with Gasteiger partial charge in [-0.2, -0.15) is 0 Å². The lowest BCUT2D eigenvalue weighted by atomic mass is 9.87. The molecule has 0 amide bonds. The summed E-state index contributed by atoms with van der Waals surface area (Å²) < 4.78 is 0. The zero-order valence-corrected chi connectivity index (χ0v) is 10.2. The fraction of sp³-hybridized carbons (Fsp3) is 0.538. The summed E-state index contributed by atoms with van der Waals surface area (Å²) >= 11 is 0. The molecule has 0 bridgehead atoms. The predicted octanol–water partition coefficient (Wildman–Crippen LogP) is 1.75. The van der Waals surface area contributed by atoms with Gasteiger partial charge in [0, 0.05) is 12.2 Å². The third-order valence-corrected chi connectivity index (χ3v) is 2.48. The molecule has 16 heavy (non-hydrogen) atoms. The molecule has 0 saturated heterocycles. The van der Waals surface area contributed by atoms with Crippen LogP contribution in [0.1, 0.15) is 26.3 Å². The van der Waals surface area contributed by atoms with Crippen LogP contribution in [0.2, 0.25) is 0 Å². The van der Waals surface area contributed by atoms with E-state index in [9.17, 15) is 5.11 Å². The Balaban J connectivity index is 2.68. The standard InChI is InChI=1S/C13H21NO2/c1-13(2,3)10-5-4-6-11(7-10)14-8-12(16)9-15/h4-7,12,14-16H,8-9H2,1-3H3/t12-/m0/s1. The number of nitrogens with one attached hydrogen (secondary N) is 1. The van der Waals surface area contributed by atoms with Crippen molar-refractivity contribution in [3.63, 3.8) is 0 Å². The molecule has 0 aliphatic rings. The molecule has 3 heteroatoms. The Morgan fingerprint density at radius 2 is 2.00 bits per heavy atom. The van der Waals surface area contributed by atoms with Crippen LogP contribution in [0.3, 0.4) is 0 Å². The smallest absolute Gasteiger partial charge is 0.0942 e. The van der Waals surface area contributed by atoms with Gasteiger partial charge >= 0.3 is 0 Å². The van der Waals surface area contributed by atoms with Gasteiger partial charge in [0.1, 0.15) is 0 Å². The van der Waals surface area contributed by atoms with Gasteiger partial charge < -0.3 is 15.5 Å². The molecule has 1 aromatic rings. The molecule has 0 aliphatic heterocycles. The van der Waals surface area contributed by atoms with Crippen LogP contribution in [0.25, 0.3) is 0 Å². The molecule has 0 unspecified atom stereocenters. The van der Waals surface area contributed by atoms with E-state index < -0.39 is 6.10 Å². The average molecular weight is 223 g/mol. The zero-order chi connectivity index (χ0) is 12.2. The van der Waals surface area contributed by atoms with Crippen LogP contribution in [0.5, 0.6) is 0 Å². The maximum absolute atomic E-state index is 9.24. The molecule has 0 heterocycles. The van der Waals surface area contributed by atoms with Crippen molar-refractivity contribution < 1.29 is 10.2 Å². The number of aliphatic hydroxyl groups is 2. The Labute approximate surface area is 97.1 Å². The zero-order valence-electron chi connectivity index (χ0n) is 10.2. The molecule has 0 aliphatic carbocycles. The second-order valence-corrected chi connectivity index (χ2v) is 5.05. The van der Waals surface area contributed by atoms with Gasteiger partial charge in [-0.25, -0.2) is 0 Å². The van der Waals surface area contributed by atoms with E-state index in [1.54, 1.807) is 0 Å². The first-order valence-electron chi connectivity index (χ1n) is 5.57. The Hall–Kier alpha value is -1.06. The van der Waals surface area contributed by atoms with E-state index in [4.69, 9.17) is 5.11 Å². The van der Waals surface area contributed by atoms with E-state index in [1.165, 1.54) is 5.56 Å². The van der Waals surface area contributed by atoms with Gasteiger partial charge in [0.15, 0.2) is 0 Å². The van der Waals surface area contributed by atoms with Crippen LogP contribution in [-0.2, 0) is 5.41 Å². The highest BCUT2D eigenvalue weighted by Crippen LogP contribution is 2.24. The molecule has 0 spiro atoms. The van der Waals surface area contributed by atoms with Gasteiger partial charge in [-0.05, 0) is 23.1 Å². The third kappa shape index (κ3) is 3.83. The van der Waals surface area contributed by atoms with Crippen molar-refractivity contribution in [2.75, 3.05) is 18.5 Å². The molecular weight excluding hydrogens is 202 g/mol. The molecule has 1 aromatic carbocycles. The van der Waals surface area contributed by atoms with Crippen molar-refractivity contribution in [1.82, 2.24) is 0 Å². The van der Waals surface area contributed by atoms with Crippen LogP contribution < -0.4 is 5.32 Å². The lowest BCUT2D eigenvalue weighted by molar-refractivity contribution is 0.105. The molecule has 0 fully saturated rings. The monoisotopic (exact) mass is 223 g/mol. The maximum Gasteiger partial charge on any atom is 0.0942 e. The minimum Gasteiger partial charge on any atom is -0.394 e. The van der Waals surface area contributed by atoms with Crippen LogP contribution >= 0.6 is 0 Å². The van der Waals surface area contributed by atoms with Crippen molar-refractivity contribution in [2.45, 2.75) is 32.3 Å². The second-order valence-electron chi connectivity index (χ2n) is 5.05. The number of aliphatic hydroxyl groups excluding tert-OH is 2. The van der Waals surface area contributed by atoms with E-state index in [0.717, 1.165) is 5.69 Å². The van der Waals surface area contributed by atoms with Crippen molar-refractivity contribution >= 4 is 5.69 Å². The number of hydrogen-bond donors (Lipinski definition) is 3. The summed E-state index contributed by atoms with van der Waals surface area (Å²) in [5, 5.41) is 21.0. The summed E-state index contributed by atoms with van der Waals surface area (Å²) in [5.74, 6) is 0. The molecule has 0 aromatic heterocycles. The molecule has 0 radical (unpaired) electrons. The summed E-state index contributed by atoms with van der Waals surface area (Å²) in [5.41, 5.74) is 2.34. The highest BCUT2D eigenvalue weighted by Gasteiger charge is 2.13. The maximum atomic E-state index is 9.24. The normalized spacial score (nSPS) is 13.6. The fourth-order valence-electron chi connectivity index (χ4n) is 1.40. The van der Waals surface area contributed by atoms with Crippen LogP contribution in [0, 0.1) is 0 Å². The Bertz CT molecular complexity index is 331. The summed E-state index contributed by atoms with van der Waals surface area (Å²) in [4.78, 5) is 0. The molecular formula is C13H21NO2. The van der Waals surface area contributed by atoms with Gasteiger partial charge in [-0.15, -0.1) is 0 Å². The summed E-state index contributed by atoms with van der Waals surface area (Å²) in [7, 11) is 0. The number of hydrogen-bond acceptors (Lipinski definition) is 3. The number of rotatable bonds is 4. The van der Waals surface area contributed by atoms with Crippen molar-refractivity contribution in [2.24, 2.45) is 0 Å². The first-order valence-corrected chi connectivity index (χ1v) is 5.57. The van der Waals surface area contributed by atoms with Gasteiger partial charge in [0.05, 0.1) is 12.7 Å². The van der Waals surface area contributed by atoms with Crippen molar-refractivity contribution in [3.05, 3.63) is 29.8 Å². The van der Waals surface area contributed by atoms with Crippen LogP contribution in [0.15, 0.2) is 24.3 Å². The topological polar surface area (TPSA) is 52.5 Å². The highest BCUT2D eigenvalue weighted by molar-refractivity contribution is 5.47. The van der Waals surface area contributed by atoms with Gasteiger partial charge in [-0.3, -0.25) is 0 Å². The second kappa shape index (κ2) is 5.32. The lowest BCUT2D eigenvalue weighted by Crippen LogP contribution is -2.23. The third-order valence-electron chi connectivity index (χ3n) is 2.48. The van der Waals surface area contributed by atoms with Crippen molar-refractivity contribution in [3.8, 4) is 0 Å². The molecule has 90 valence electrons. The van der Waals surface area contributed by atoms with Crippen LogP contribution in [-0.4, -0.2) is 29.5 Å². The SMILES string of the molecule is CC(C)(C)c1cccc(NC[C@H](O)CO)c1. The Morgan fingerprint density at radius 1 is 1.31 bits per heavy atom. The number of anilines is 1. The first kappa shape index (κ1) is 13.0. The minimum atomic E-state index is -0.710. The Kier molecular flexibility index (Phi) is 4.33. The fourth-order valence-corrected chi connectivity index (χ4v) is 1.40. The molecule has 3 nitrogen and oxygen atoms in total. The van der Waals surface area contributed by atoms with Crippen molar-refractivity contribution in [1.29, 1.82) is 0 Å².